The number of rotatable bonds is 3. The number of carbonyl (C=O) groups is 1. The van der Waals surface area contributed by atoms with Crippen LogP contribution in [0.5, 0.6) is 0 Å². The zero-order valence-electron chi connectivity index (χ0n) is 12.1. The maximum absolute atomic E-state index is 12.3. The number of hydrogen-bond donors (Lipinski definition) is 2. The van der Waals surface area contributed by atoms with Gasteiger partial charge in [0.05, 0.1) is 11.6 Å². The van der Waals surface area contributed by atoms with E-state index in [1.807, 2.05) is 18.2 Å². The number of amides is 1. The SMILES string of the molecule is CC(C)(C)C(NC(=O)C1(N)CCC1)c1ccccc1. The van der Waals surface area contributed by atoms with Gasteiger partial charge in [-0.15, -0.1) is 0 Å². The first-order valence-electron chi connectivity index (χ1n) is 6.98. The van der Waals surface area contributed by atoms with Crippen molar-refractivity contribution in [3.63, 3.8) is 0 Å². The number of benzene rings is 1. The minimum Gasteiger partial charge on any atom is -0.347 e. The van der Waals surface area contributed by atoms with Crippen LogP contribution in [0.15, 0.2) is 30.3 Å². The van der Waals surface area contributed by atoms with Crippen LogP contribution in [-0.4, -0.2) is 11.4 Å². The van der Waals surface area contributed by atoms with Gasteiger partial charge in [0.15, 0.2) is 0 Å². The fourth-order valence-electron chi connectivity index (χ4n) is 2.50. The largest absolute Gasteiger partial charge is 0.347 e. The number of carbonyl (C=O) groups excluding carboxylic acids is 1. The fourth-order valence-corrected chi connectivity index (χ4v) is 2.50. The van der Waals surface area contributed by atoms with Crippen molar-refractivity contribution in [1.82, 2.24) is 5.32 Å². The second-order valence-electron chi connectivity index (χ2n) is 6.69. The topological polar surface area (TPSA) is 55.1 Å². The maximum atomic E-state index is 12.3. The van der Waals surface area contributed by atoms with Gasteiger partial charge >= 0.3 is 0 Å². The van der Waals surface area contributed by atoms with E-state index in [1.54, 1.807) is 0 Å². The predicted octanol–water partition coefficient (Wildman–Crippen LogP) is 2.77. The van der Waals surface area contributed by atoms with Gasteiger partial charge in [0.1, 0.15) is 0 Å². The molecule has 1 fully saturated rings. The Morgan fingerprint density at radius 3 is 2.26 bits per heavy atom. The van der Waals surface area contributed by atoms with Crippen molar-refractivity contribution < 1.29 is 4.79 Å². The van der Waals surface area contributed by atoms with Crippen LogP contribution < -0.4 is 11.1 Å². The van der Waals surface area contributed by atoms with E-state index in [2.05, 4.69) is 38.2 Å². The highest BCUT2D eigenvalue weighted by atomic mass is 16.2. The molecule has 0 radical (unpaired) electrons. The first-order valence-corrected chi connectivity index (χ1v) is 6.98. The van der Waals surface area contributed by atoms with E-state index in [0.717, 1.165) is 24.8 Å². The normalized spacial score (nSPS) is 19.4. The van der Waals surface area contributed by atoms with Crippen LogP contribution in [0.25, 0.3) is 0 Å². The third-order valence-corrected chi connectivity index (χ3v) is 3.97. The molecule has 3 heteroatoms. The molecule has 0 heterocycles. The molecule has 0 spiro atoms. The van der Waals surface area contributed by atoms with E-state index in [-0.39, 0.29) is 17.4 Å². The summed E-state index contributed by atoms with van der Waals surface area (Å²) in [6.45, 7) is 6.40. The molecular weight excluding hydrogens is 236 g/mol. The lowest BCUT2D eigenvalue weighted by molar-refractivity contribution is -0.130. The van der Waals surface area contributed by atoms with E-state index >= 15 is 0 Å². The van der Waals surface area contributed by atoms with Crippen molar-refractivity contribution in [2.45, 2.75) is 51.6 Å². The Morgan fingerprint density at radius 1 is 1.26 bits per heavy atom. The minimum absolute atomic E-state index is 0.0115. The molecule has 0 saturated heterocycles. The van der Waals surface area contributed by atoms with Gasteiger partial charge in [-0.25, -0.2) is 0 Å². The molecule has 1 amide bonds. The summed E-state index contributed by atoms with van der Waals surface area (Å²) in [4.78, 5) is 12.3. The van der Waals surface area contributed by atoms with Gasteiger partial charge in [-0.1, -0.05) is 51.1 Å². The molecule has 1 aliphatic carbocycles. The third kappa shape index (κ3) is 2.98. The van der Waals surface area contributed by atoms with Crippen LogP contribution in [0, 0.1) is 5.41 Å². The van der Waals surface area contributed by atoms with Gasteiger partial charge in [0, 0.05) is 0 Å². The van der Waals surface area contributed by atoms with Gasteiger partial charge < -0.3 is 11.1 Å². The molecule has 1 saturated carbocycles. The molecule has 0 aliphatic heterocycles. The Balaban J connectivity index is 2.18. The summed E-state index contributed by atoms with van der Waals surface area (Å²) in [7, 11) is 0. The Hall–Kier alpha value is -1.35. The van der Waals surface area contributed by atoms with Crippen molar-refractivity contribution >= 4 is 5.91 Å². The highest BCUT2D eigenvalue weighted by Crippen LogP contribution is 2.35. The van der Waals surface area contributed by atoms with Crippen LogP contribution in [0.2, 0.25) is 0 Å². The number of nitrogens with one attached hydrogen (secondary N) is 1. The van der Waals surface area contributed by atoms with E-state index in [4.69, 9.17) is 5.73 Å². The number of hydrogen-bond acceptors (Lipinski definition) is 2. The molecule has 19 heavy (non-hydrogen) atoms. The summed E-state index contributed by atoms with van der Waals surface area (Å²) in [5, 5.41) is 3.15. The molecule has 1 atom stereocenters. The summed E-state index contributed by atoms with van der Waals surface area (Å²) in [5.41, 5.74) is 6.55. The van der Waals surface area contributed by atoms with Crippen LogP contribution in [0.3, 0.4) is 0 Å². The summed E-state index contributed by atoms with van der Waals surface area (Å²) >= 11 is 0. The van der Waals surface area contributed by atoms with Crippen LogP contribution in [0.1, 0.15) is 51.6 Å². The third-order valence-electron chi connectivity index (χ3n) is 3.97. The van der Waals surface area contributed by atoms with Gasteiger partial charge in [0.25, 0.3) is 0 Å². The zero-order valence-corrected chi connectivity index (χ0v) is 12.1. The van der Waals surface area contributed by atoms with E-state index in [9.17, 15) is 4.79 Å². The molecule has 1 aliphatic rings. The molecule has 1 unspecified atom stereocenters. The van der Waals surface area contributed by atoms with Gasteiger partial charge in [-0.2, -0.15) is 0 Å². The van der Waals surface area contributed by atoms with Crippen molar-refractivity contribution in [3.8, 4) is 0 Å². The second kappa shape index (κ2) is 4.97. The smallest absolute Gasteiger partial charge is 0.240 e. The molecular formula is C16H24N2O. The molecule has 2 rings (SSSR count). The lowest BCUT2D eigenvalue weighted by atomic mass is 9.75. The summed E-state index contributed by atoms with van der Waals surface area (Å²) in [6.07, 6.45) is 2.64. The zero-order chi connectivity index (χ0) is 14.1. The number of nitrogens with two attached hydrogens (primary N) is 1. The Kier molecular flexibility index (Phi) is 3.68. The quantitative estimate of drug-likeness (QED) is 0.878. The molecule has 3 nitrogen and oxygen atoms in total. The van der Waals surface area contributed by atoms with Crippen molar-refractivity contribution in [2.24, 2.45) is 11.1 Å². The van der Waals surface area contributed by atoms with E-state index in [0.29, 0.717) is 0 Å². The average molecular weight is 260 g/mol. The van der Waals surface area contributed by atoms with Crippen LogP contribution in [0.4, 0.5) is 0 Å². The highest BCUT2D eigenvalue weighted by Gasteiger charge is 2.42. The molecule has 104 valence electrons. The monoisotopic (exact) mass is 260 g/mol. The lowest BCUT2D eigenvalue weighted by Gasteiger charge is -2.40. The van der Waals surface area contributed by atoms with Crippen molar-refractivity contribution in [1.29, 1.82) is 0 Å². The first kappa shape index (κ1) is 14.1. The summed E-state index contributed by atoms with van der Waals surface area (Å²) < 4.78 is 0. The molecule has 0 aromatic heterocycles. The summed E-state index contributed by atoms with van der Waals surface area (Å²) in [6, 6.07) is 10.1. The Morgan fingerprint density at radius 2 is 1.84 bits per heavy atom. The molecule has 1 aromatic rings. The molecule has 1 aromatic carbocycles. The first-order chi connectivity index (χ1) is 8.83. The average Bonchev–Trinajstić information content (AvgIpc) is 2.32. The minimum atomic E-state index is -0.641. The van der Waals surface area contributed by atoms with E-state index in [1.165, 1.54) is 0 Å². The highest BCUT2D eigenvalue weighted by molar-refractivity contribution is 5.87. The lowest BCUT2D eigenvalue weighted by Crippen LogP contribution is -2.59. The Bertz CT molecular complexity index is 444. The van der Waals surface area contributed by atoms with Crippen molar-refractivity contribution in [3.05, 3.63) is 35.9 Å². The standard InChI is InChI=1S/C16H24N2O/c1-15(2,3)13(12-8-5-4-6-9-12)18-14(19)16(17)10-7-11-16/h4-6,8-9,13H,7,10-11,17H2,1-3H3,(H,18,19). The van der Waals surface area contributed by atoms with Crippen molar-refractivity contribution in [2.75, 3.05) is 0 Å². The predicted molar refractivity (Wildman–Crippen MR) is 77.6 cm³/mol. The van der Waals surface area contributed by atoms with Crippen LogP contribution >= 0.6 is 0 Å². The fraction of sp³-hybridized carbons (Fsp3) is 0.562. The molecule has 3 N–H and O–H groups in total. The summed E-state index contributed by atoms with van der Waals surface area (Å²) in [5.74, 6) is -0.0115. The van der Waals surface area contributed by atoms with Gasteiger partial charge in [-0.05, 0) is 30.2 Å². The Labute approximate surface area is 115 Å². The van der Waals surface area contributed by atoms with Crippen LogP contribution in [-0.2, 0) is 4.79 Å². The van der Waals surface area contributed by atoms with Gasteiger partial charge in [0.2, 0.25) is 5.91 Å². The van der Waals surface area contributed by atoms with Gasteiger partial charge in [-0.3, -0.25) is 4.79 Å². The second-order valence-corrected chi connectivity index (χ2v) is 6.69. The van der Waals surface area contributed by atoms with E-state index < -0.39 is 5.54 Å². The maximum Gasteiger partial charge on any atom is 0.240 e. The molecule has 0 bridgehead atoms.